The molecule has 0 unspecified atom stereocenters. The number of carbonyl (C=O) groups excluding carboxylic acids is 1. The maximum atomic E-state index is 13.3. The van der Waals surface area contributed by atoms with Gasteiger partial charge in [-0.25, -0.2) is 8.42 Å². The summed E-state index contributed by atoms with van der Waals surface area (Å²) in [5.41, 5.74) is 1.36. The van der Waals surface area contributed by atoms with Gasteiger partial charge in [-0.2, -0.15) is 0 Å². The van der Waals surface area contributed by atoms with Crippen LogP contribution in [0.3, 0.4) is 0 Å². The summed E-state index contributed by atoms with van der Waals surface area (Å²) < 4.78 is 33.2. The monoisotopic (exact) mass is 418 g/mol. The lowest BCUT2D eigenvalue weighted by Gasteiger charge is -2.26. The predicted octanol–water partition coefficient (Wildman–Crippen LogP) is 3.75. The lowest BCUT2D eigenvalue weighted by Crippen LogP contribution is -2.45. The van der Waals surface area contributed by atoms with Crippen LogP contribution in [-0.2, 0) is 14.8 Å². The SMILES string of the molecule is CCOc1ccc(N(CC(=O)N[C@H](C)C(C)C)S(=O)(=O)c2ccc(C)cc2)cc1. The first-order valence-corrected chi connectivity index (χ1v) is 11.2. The van der Waals surface area contributed by atoms with Gasteiger partial charge in [-0.15, -0.1) is 0 Å². The summed E-state index contributed by atoms with van der Waals surface area (Å²) in [5.74, 6) is 0.532. The van der Waals surface area contributed by atoms with Gasteiger partial charge in [0.1, 0.15) is 12.3 Å². The van der Waals surface area contributed by atoms with E-state index in [4.69, 9.17) is 4.74 Å². The van der Waals surface area contributed by atoms with Crippen molar-refractivity contribution in [2.45, 2.75) is 45.6 Å². The Morgan fingerprint density at radius 2 is 1.62 bits per heavy atom. The molecule has 0 saturated heterocycles. The van der Waals surface area contributed by atoms with E-state index in [0.717, 1.165) is 9.87 Å². The second-order valence-electron chi connectivity index (χ2n) is 7.35. The number of nitrogens with zero attached hydrogens (tertiary/aromatic N) is 1. The molecule has 0 spiro atoms. The second-order valence-corrected chi connectivity index (χ2v) is 9.21. The zero-order valence-corrected chi connectivity index (χ0v) is 18.5. The minimum atomic E-state index is -3.92. The molecule has 0 aromatic heterocycles. The van der Waals surface area contributed by atoms with E-state index in [1.54, 1.807) is 48.5 Å². The van der Waals surface area contributed by atoms with Crippen LogP contribution < -0.4 is 14.4 Å². The molecule has 2 aromatic carbocycles. The van der Waals surface area contributed by atoms with Crippen LogP contribution in [0, 0.1) is 12.8 Å². The van der Waals surface area contributed by atoms with Gasteiger partial charge in [-0.05, 0) is 63.1 Å². The van der Waals surface area contributed by atoms with Gasteiger partial charge in [0, 0.05) is 6.04 Å². The fourth-order valence-corrected chi connectivity index (χ4v) is 4.05. The van der Waals surface area contributed by atoms with E-state index in [1.165, 1.54) is 0 Å². The molecule has 0 radical (unpaired) electrons. The van der Waals surface area contributed by atoms with Gasteiger partial charge in [0.2, 0.25) is 5.91 Å². The molecule has 2 rings (SSSR count). The van der Waals surface area contributed by atoms with Crippen molar-refractivity contribution in [3.05, 3.63) is 54.1 Å². The van der Waals surface area contributed by atoms with Crippen LogP contribution in [0.25, 0.3) is 0 Å². The molecule has 0 saturated carbocycles. The van der Waals surface area contributed by atoms with Crippen LogP contribution >= 0.6 is 0 Å². The number of carbonyl (C=O) groups is 1. The molecule has 1 atom stereocenters. The van der Waals surface area contributed by atoms with Gasteiger partial charge < -0.3 is 10.1 Å². The molecule has 2 aromatic rings. The van der Waals surface area contributed by atoms with Crippen molar-refractivity contribution in [1.29, 1.82) is 0 Å². The van der Waals surface area contributed by atoms with Crippen molar-refractivity contribution in [3.63, 3.8) is 0 Å². The fourth-order valence-electron chi connectivity index (χ4n) is 2.62. The Hall–Kier alpha value is -2.54. The lowest BCUT2D eigenvalue weighted by molar-refractivity contribution is -0.120. The summed E-state index contributed by atoms with van der Waals surface area (Å²) in [4.78, 5) is 12.7. The van der Waals surface area contributed by atoms with Crippen molar-refractivity contribution in [2.75, 3.05) is 17.5 Å². The highest BCUT2D eigenvalue weighted by Gasteiger charge is 2.27. The predicted molar refractivity (Wildman–Crippen MR) is 116 cm³/mol. The molecule has 0 bridgehead atoms. The second kappa shape index (κ2) is 9.78. The van der Waals surface area contributed by atoms with Crippen molar-refractivity contribution in [3.8, 4) is 5.75 Å². The summed E-state index contributed by atoms with van der Waals surface area (Å²) in [7, 11) is -3.92. The summed E-state index contributed by atoms with van der Waals surface area (Å²) in [6.07, 6.45) is 0. The third-order valence-corrected chi connectivity index (χ3v) is 6.51. The Bertz CT molecular complexity index is 907. The molecule has 0 heterocycles. The molecular weight excluding hydrogens is 388 g/mol. The van der Waals surface area contributed by atoms with Gasteiger partial charge in [-0.3, -0.25) is 9.10 Å². The van der Waals surface area contributed by atoms with Crippen LogP contribution in [0.4, 0.5) is 5.69 Å². The number of anilines is 1. The average Bonchev–Trinajstić information content (AvgIpc) is 2.67. The highest BCUT2D eigenvalue weighted by Crippen LogP contribution is 2.26. The number of amides is 1. The van der Waals surface area contributed by atoms with E-state index >= 15 is 0 Å². The minimum absolute atomic E-state index is 0.0632. The third kappa shape index (κ3) is 5.97. The van der Waals surface area contributed by atoms with E-state index in [1.807, 2.05) is 34.6 Å². The van der Waals surface area contributed by atoms with Gasteiger partial charge in [0.25, 0.3) is 10.0 Å². The van der Waals surface area contributed by atoms with E-state index in [-0.39, 0.29) is 29.3 Å². The van der Waals surface area contributed by atoms with E-state index in [0.29, 0.717) is 18.0 Å². The number of rotatable bonds is 9. The first kappa shape index (κ1) is 22.7. The number of sulfonamides is 1. The molecule has 1 amide bonds. The first-order chi connectivity index (χ1) is 13.6. The van der Waals surface area contributed by atoms with Crippen molar-refractivity contribution >= 4 is 21.6 Å². The van der Waals surface area contributed by atoms with Gasteiger partial charge >= 0.3 is 0 Å². The van der Waals surface area contributed by atoms with Crippen LogP contribution in [-0.4, -0.2) is 33.5 Å². The Kier molecular flexibility index (Phi) is 7.67. The summed E-state index contributed by atoms with van der Waals surface area (Å²) in [6, 6.07) is 13.2. The largest absolute Gasteiger partial charge is 0.494 e. The standard InChI is InChI=1S/C22H30N2O4S/c1-6-28-20-11-9-19(10-12-20)24(15-22(25)23-18(5)16(2)3)29(26,27)21-13-7-17(4)8-14-21/h7-14,16,18H,6,15H2,1-5H3,(H,23,25)/t18-/m1/s1. The third-order valence-electron chi connectivity index (χ3n) is 4.72. The fraction of sp³-hybridized carbons (Fsp3) is 0.409. The molecule has 0 aliphatic heterocycles. The van der Waals surface area contributed by atoms with Crippen molar-refractivity contribution < 1.29 is 17.9 Å². The Labute approximate surface area is 173 Å². The molecule has 0 aliphatic rings. The zero-order valence-electron chi connectivity index (χ0n) is 17.7. The molecular formula is C22H30N2O4S. The number of ether oxygens (including phenoxy) is 1. The number of hydrogen-bond acceptors (Lipinski definition) is 4. The molecule has 29 heavy (non-hydrogen) atoms. The first-order valence-electron chi connectivity index (χ1n) is 9.76. The average molecular weight is 419 g/mol. The maximum absolute atomic E-state index is 13.3. The number of aryl methyl sites for hydroxylation is 1. The Balaban J connectivity index is 2.39. The van der Waals surface area contributed by atoms with Crippen molar-refractivity contribution in [1.82, 2.24) is 5.32 Å². The van der Waals surface area contributed by atoms with Gasteiger partial charge in [-0.1, -0.05) is 31.5 Å². The summed E-state index contributed by atoms with van der Waals surface area (Å²) >= 11 is 0. The molecule has 1 N–H and O–H groups in total. The molecule has 0 fully saturated rings. The summed E-state index contributed by atoms with van der Waals surface area (Å²) in [5, 5.41) is 2.87. The van der Waals surface area contributed by atoms with E-state index < -0.39 is 10.0 Å². The van der Waals surface area contributed by atoms with Gasteiger partial charge in [0.05, 0.1) is 17.2 Å². The molecule has 6 nitrogen and oxygen atoms in total. The normalized spacial score (nSPS) is 12.5. The molecule has 0 aliphatic carbocycles. The van der Waals surface area contributed by atoms with Crippen molar-refractivity contribution in [2.24, 2.45) is 5.92 Å². The highest BCUT2D eigenvalue weighted by molar-refractivity contribution is 7.92. The van der Waals surface area contributed by atoms with E-state index in [9.17, 15) is 13.2 Å². The minimum Gasteiger partial charge on any atom is -0.494 e. The van der Waals surface area contributed by atoms with Crippen LogP contribution in [0.2, 0.25) is 0 Å². The number of hydrogen-bond donors (Lipinski definition) is 1. The van der Waals surface area contributed by atoms with Gasteiger partial charge in [0.15, 0.2) is 0 Å². The molecule has 7 heteroatoms. The maximum Gasteiger partial charge on any atom is 0.264 e. The lowest BCUT2D eigenvalue weighted by atomic mass is 10.1. The number of benzene rings is 2. The number of nitrogens with one attached hydrogen (secondary N) is 1. The summed E-state index contributed by atoms with van der Waals surface area (Å²) in [6.45, 7) is 9.87. The van der Waals surface area contributed by atoms with Crippen LogP contribution in [0.15, 0.2) is 53.4 Å². The molecule has 158 valence electrons. The topological polar surface area (TPSA) is 75.7 Å². The van der Waals surface area contributed by atoms with Crippen LogP contribution in [0.1, 0.15) is 33.3 Å². The zero-order chi connectivity index (χ0) is 21.6. The smallest absolute Gasteiger partial charge is 0.264 e. The van der Waals surface area contributed by atoms with Crippen LogP contribution in [0.5, 0.6) is 5.75 Å². The Morgan fingerprint density at radius 3 is 2.14 bits per heavy atom. The van der Waals surface area contributed by atoms with E-state index in [2.05, 4.69) is 5.32 Å². The Morgan fingerprint density at radius 1 is 1.03 bits per heavy atom. The highest BCUT2D eigenvalue weighted by atomic mass is 32.2. The quantitative estimate of drug-likeness (QED) is 0.673.